The Morgan fingerprint density at radius 3 is 2.85 bits per heavy atom. The Kier molecular flexibility index (Phi) is 5.64. The molecule has 0 aromatic carbocycles. The van der Waals surface area contributed by atoms with E-state index in [0.29, 0.717) is 5.92 Å². The lowest BCUT2D eigenvalue weighted by Gasteiger charge is -2.39. The third-order valence-electron chi connectivity index (χ3n) is 4.44. The summed E-state index contributed by atoms with van der Waals surface area (Å²) >= 11 is 5.16. The van der Waals surface area contributed by atoms with E-state index in [1.165, 1.54) is 5.56 Å². The fourth-order valence-electron chi connectivity index (χ4n) is 3.21. The predicted molar refractivity (Wildman–Crippen MR) is 86.0 cm³/mol. The van der Waals surface area contributed by atoms with Gasteiger partial charge in [0.2, 0.25) is 0 Å². The van der Waals surface area contributed by atoms with Crippen molar-refractivity contribution >= 4 is 33.2 Å². The molecule has 112 valence electrons. The minimum atomic E-state index is -0.636. The molecule has 1 N–H and O–H groups in total. The first-order chi connectivity index (χ1) is 9.51. The molecule has 3 atom stereocenters. The fourth-order valence-corrected chi connectivity index (χ4v) is 4.41. The second-order valence-electron chi connectivity index (χ2n) is 5.77. The molecule has 3 nitrogen and oxygen atoms in total. The minimum Gasteiger partial charge on any atom is -0.481 e. The Labute approximate surface area is 133 Å². The topological polar surface area (TPSA) is 40.5 Å². The highest BCUT2D eigenvalue weighted by molar-refractivity contribution is 9.11. The van der Waals surface area contributed by atoms with Crippen LogP contribution in [0.4, 0.5) is 0 Å². The van der Waals surface area contributed by atoms with Gasteiger partial charge in [0.1, 0.15) is 0 Å². The van der Waals surface area contributed by atoms with Gasteiger partial charge in [0, 0.05) is 12.6 Å². The second kappa shape index (κ2) is 7.05. The average molecular weight is 360 g/mol. The van der Waals surface area contributed by atoms with Crippen molar-refractivity contribution in [1.29, 1.82) is 0 Å². The van der Waals surface area contributed by atoms with Crippen LogP contribution in [0.2, 0.25) is 0 Å². The number of thiophene rings is 1. The fraction of sp³-hybridized carbons (Fsp3) is 0.667. The number of carbonyl (C=O) groups is 1. The summed E-state index contributed by atoms with van der Waals surface area (Å²) in [6.07, 6.45) is 4.04. The first kappa shape index (κ1) is 16.0. The van der Waals surface area contributed by atoms with Gasteiger partial charge in [-0.25, -0.2) is 0 Å². The molecule has 1 saturated carbocycles. The van der Waals surface area contributed by atoms with E-state index in [9.17, 15) is 9.90 Å². The standard InChI is InChI=1S/C15H22BrNO2S/c1-3-10-4-5-12(15(18)19)13(6-10)17(2)8-11-7-14(16)20-9-11/h7,9-10,12-13H,3-6,8H2,1-2H3,(H,18,19). The number of carboxylic acid groups (broad SMARTS) is 1. The van der Waals surface area contributed by atoms with Crippen LogP contribution in [0.15, 0.2) is 15.2 Å². The molecule has 3 unspecified atom stereocenters. The summed E-state index contributed by atoms with van der Waals surface area (Å²) in [5.74, 6) is -0.181. The zero-order valence-corrected chi connectivity index (χ0v) is 14.4. The van der Waals surface area contributed by atoms with Crippen LogP contribution in [0.1, 0.15) is 38.2 Å². The Bertz CT molecular complexity index is 462. The second-order valence-corrected chi connectivity index (χ2v) is 8.06. The molecule has 1 aliphatic rings. The lowest BCUT2D eigenvalue weighted by Crippen LogP contribution is -2.45. The third-order valence-corrected chi connectivity index (χ3v) is 5.99. The molecule has 0 saturated heterocycles. The van der Waals surface area contributed by atoms with E-state index in [2.05, 4.69) is 46.2 Å². The lowest BCUT2D eigenvalue weighted by molar-refractivity contribution is -0.146. The number of hydrogen-bond donors (Lipinski definition) is 1. The monoisotopic (exact) mass is 359 g/mol. The molecule has 1 heterocycles. The van der Waals surface area contributed by atoms with Crippen molar-refractivity contribution in [2.75, 3.05) is 7.05 Å². The van der Waals surface area contributed by atoms with Crippen molar-refractivity contribution in [1.82, 2.24) is 4.90 Å². The van der Waals surface area contributed by atoms with Crippen LogP contribution in [0.3, 0.4) is 0 Å². The number of rotatable bonds is 5. The predicted octanol–water partition coefficient (Wildman–Crippen LogP) is 4.22. The van der Waals surface area contributed by atoms with Gasteiger partial charge in [0.05, 0.1) is 9.70 Å². The zero-order chi connectivity index (χ0) is 14.7. The quantitative estimate of drug-likeness (QED) is 0.855. The molecule has 0 bridgehead atoms. The first-order valence-corrected chi connectivity index (χ1v) is 8.84. The lowest BCUT2D eigenvalue weighted by atomic mass is 9.76. The van der Waals surface area contributed by atoms with Gasteiger partial charge < -0.3 is 5.11 Å². The maximum Gasteiger partial charge on any atom is 0.308 e. The zero-order valence-electron chi connectivity index (χ0n) is 12.0. The average Bonchev–Trinajstić information content (AvgIpc) is 2.83. The molecular formula is C15H22BrNO2S. The summed E-state index contributed by atoms with van der Waals surface area (Å²) in [6, 6.07) is 2.28. The summed E-state index contributed by atoms with van der Waals surface area (Å²) in [5, 5.41) is 11.6. The third kappa shape index (κ3) is 3.83. The first-order valence-electron chi connectivity index (χ1n) is 7.17. The van der Waals surface area contributed by atoms with Gasteiger partial charge in [0.15, 0.2) is 0 Å². The van der Waals surface area contributed by atoms with Crippen LogP contribution in [0.5, 0.6) is 0 Å². The maximum atomic E-state index is 11.5. The number of aliphatic carboxylic acids is 1. The highest BCUT2D eigenvalue weighted by Gasteiger charge is 2.36. The molecule has 5 heteroatoms. The largest absolute Gasteiger partial charge is 0.481 e. The van der Waals surface area contributed by atoms with E-state index in [1.54, 1.807) is 11.3 Å². The van der Waals surface area contributed by atoms with E-state index in [0.717, 1.165) is 36.0 Å². The van der Waals surface area contributed by atoms with E-state index < -0.39 is 5.97 Å². The highest BCUT2D eigenvalue weighted by Crippen LogP contribution is 2.34. The van der Waals surface area contributed by atoms with Gasteiger partial charge in [0.25, 0.3) is 0 Å². The highest BCUT2D eigenvalue weighted by atomic mass is 79.9. The molecule has 0 spiro atoms. The van der Waals surface area contributed by atoms with Gasteiger partial charge in [-0.2, -0.15) is 0 Å². The van der Waals surface area contributed by atoms with Crippen molar-refractivity contribution in [3.63, 3.8) is 0 Å². The normalized spacial score (nSPS) is 26.9. The number of hydrogen-bond acceptors (Lipinski definition) is 3. The van der Waals surface area contributed by atoms with Crippen molar-refractivity contribution in [2.24, 2.45) is 11.8 Å². The van der Waals surface area contributed by atoms with Crippen LogP contribution in [0, 0.1) is 11.8 Å². The van der Waals surface area contributed by atoms with Gasteiger partial charge in [-0.1, -0.05) is 13.3 Å². The molecule has 0 amide bonds. The summed E-state index contributed by atoms with van der Waals surface area (Å²) < 4.78 is 1.13. The summed E-state index contributed by atoms with van der Waals surface area (Å²) in [5.41, 5.74) is 1.26. The van der Waals surface area contributed by atoms with E-state index >= 15 is 0 Å². The van der Waals surface area contributed by atoms with Crippen molar-refractivity contribution in [2.45, 2.75) is 45.2 Å². The number of carboxylic acids is 1. The van der Waals surface area contributed by atoms with Crippen LogP contribution in [-0.4, -0.2) is 29.1 Å². The van der Waals surface area contributed by atoms with Crippen LogP contribution >= 0.6 is 27.3 Å². The van der Waals surface area contributed by atoms with Gasteiger partial charge >= 0.3 is 5.97 Å². The van der Waals surface area contributed by atoms with E-state index in [1.807, 2.05) is 0 Å². The Hall–Kier alpha value is -0.390. The van der Waals surface area contributed by atoms with Crippen LogP contribution < -0.4 is 0 Å². The van der Waals surface area contributed by atoms with Gasteiger partial charge in [-0.15, -0.1) is 11.3 Å². The van der Waals surface area contributed by atoms with Crippen molar-refractivity contribution in [3.05, 3.63) is 20.8 Å². The Morgan fingerprint density at radius 1 is 1.55 bits per heavy atom. The minimum absolute atomic E-state index is 0.157. The molecular weight excluding hydrogens is 338 g/mol. The number of nitrogens with zero attached hydrogens (tertiary/aromatic N) is 1. The van der Waals surface area contributed by atoms with Gasteiger partial charge in [-0.3, -0.25) is 9.69 Å². The molecule has 20 heavy (non-hydrogen) atoms. The molecule has 2 rings (SSSR count). The molecule has 1 aliphatic carbocycles. The molecule has 1 aromatic rings. The number of halogens is 1. The molecule has 1 fully saturated rings. The molecule has 1 aromatic heterocycles. The van der Waals surface area contributed by atoms with Gasteiger partial charge in [-0.05, 0) is 65.2 Å². The van der Waals surface area contributed by atoms with Crippen LogP contribution in [-0.2, 0) is 11.3 Å². The maximum absolute atomic E-state index is 11.5. The van der Waals surface area contributed by atoms with E-state index in [4.69, 9.17) is 0 Å². The summed E-state index contributed by atoms with van der Waals surface area (Å²) in [7, 11) is 2.06. The Morgan fingerprint density at radius 2 is 2.30 bits per heavy atom. The van der Waals surface area contributed by atoms with Crippen molar-refractivity contribution < 1.29 is 9.90 Å². The Balaban J connectivity index is 2.06. The van der Waals surface area contributed by atoms with E-state index in [-0.39, 0.29) is 12.0 Å². The molecule has 0 aliphatic heterocycles. The SMILES string of the molecule is CCC1CCC(C(=O)O)C(N(C)Cc2csc(Br)c2)C1. The summed E-state index contributed by atoms with van der Waals surface area (Å²) in [4.78, 5) is 13.7. The van der Waals surface area contributed by atoms with Crippen molar-refractivity contribution in [3.8, 4) is 0 Å². The molecule has 0 radical (unpaired) electrons. The van der Waals surface area contributed by atoms with Crippen LogP contribution in [0.25, 0.3) is 0 Å². The summed E-state index contributed by atoms with van der Waals surface area (Å²) in [6.45, 7) is 3.03. The smallest absolute Gasteiger partial charge is 0.308 e.